The van der Waals surface area contributed by atoms with E-state index in [1.165, 1.54) is 0 Å². The smallest absolute Gasteiger partial charge is 0.339 e. The molecular weight excluding hydrogens is 348 g/mol. The Bertz CT molecular complexity index is 953. The van der Waals surface area contributed by atoms with Crippen LogP contribution in [0.2, 0.25) is 0 Å². The maximum Gasteiger partial charge on any atom is 0.339 e. The van der Waals surface area contributed by atoms with E-state index < -0.39 is 12.1 Å². The van der Waals surface area contributed by atoms with Gasteiger partial charge in [-0.1, -0.05) is 72.5 Å². The number of carbonyl (C=O) groups is 1. The highest BCUT2D eigenvalue weighted by atomic mass is 16.5. The average Bonchev–Trinajstić information content (AvgIpc) is 2.76. The Labute approximate surface area is 165 Å². The van der Waals surface area contributed by atoms with E-state index in [0.29, 0.717) is 24.0 Å². The molecule has 0 aromatic heterocycles. The molecule has 0 aliphatic heterocycles. The predicted molar refractivity (Wildman–Crippen MR) is 110 cm³/mol. The number of hydrogen-bond acceptors (Lipinski definition) is 3. The van der Waals surface area contributed by atoms with Crippen molar-refractivity contribution in [2.45, 2.75) is 18.9 Å². The van der Waals surface area contributed by atoms with Gasteiger partial charge in [-0.2, -0.15) is 0 Å². The highest BCUT2D eigenvalue weighted by Gasteiger charge is 2.12. The number of rotatable bonds is 6. The predicted octanol–water partition coefficient (Wildman–Crippen LogP) is 4.76. The molecule has 0 aliphatic carbocycles. The Kier molecular flexibility index (Phi) is 7.01. The highest BCUT2D eigenvalue weighted by Crippen LogP contribution is 2.18. The zero-order valence-corrected chi connectivity index (χ0v) is 15.5. The van der Waals surface area contributed by atoms with Crippen LogP contribution in [0.15, 0.2) is 84.9 Å². The van der Waals surface area contributed by atoms with Crippen LogP contribution in [0.3, 0.4) is 0 Å². The lowest BCUT2D eigenvalue weighted by atomic mass is 10.1. The molecule has 1 N–H and O–H groups in total. The quantitative estimate of drug-likeness (QED) is 0.387. The average molecular weight is 370 g/mol. The van der Waals surface area contributed by atoms with Crippen LogP contribution in [0.25, 0.3) is 0 Å². The van der Waals surface area contributed by atoms with E-state index >= 15 is 0 Å². The van der Waals surface area contributed by atoms with Gasteiger partial charge in [-0.25, -0.2) is 4.79 Å². The summed E-state index contributed by atoms with van der Waals surface area (Å²) in [5, 5.41) is 10.2. The molecule has 0 heterocycles. The lowest BCUT2D eigenvalue weighted by molar-refractivity contribution is 0.0476. The summed E-state index contributed by atoms with van der Waals surface area (Å²) in [6.45, 7) is 0.253. The maximum absolute atomic E-state index is 12.4. The minimum absolute atomic E-state index is 0.253. The molecule has 0 saturated heterocycles. The maximum atomic E-state index is 12.4. The zero-order valence-electron chi connectivity index (χ0n) is 15.5. The van der Waals surface area contributed by atoms with Crippen molar-refractivity contribution in [3.63, 3.8) is 0 Å². The molecule has 0 fully saturated rings. The molecule has 3 aromatic rings. The van der Waals surface area contributed by atoms with Crippen LogP contribution in [0.5, 0.6) is 0 Å². The summed E-state index contributed by atoms with van der Waals surface area (Å²) in [5.41, 5.74) is 2.85. The largest absolute Gasteiger partial charge is 0.462 e. The van der Waals surface area contributed by atoms with Gasteiger partial charge in [-0.15, -0.1) is 0 Å². The second-order valence-corrected chi connectivity index (χ2v) is 6.37. The van der Waals surface area contributed by atoms with Crippen molar-refractivity contribution in [2.24, 2.45) is 0 Å². The molecule has 0 saturated carbocycles. The van der Waals surface area contributed by atoms with E-state index in [9.17, 15) is 9.90 Å². The summed E-state index contributed by atoms with van der Waals surface area (Å²) in [4.78, 5) is 12.4. The SMILES string of the molecule is O=C(OCCCC(O)c1ccccc1)c1ccccc1C#Cc1ccccc1. The number of benzene rings is 3. The number of carbonyl (C=O) groups excluding carboxylic acids is 1. The second-order valence-electron chi connectivity index (χ2n) is 6.37. The fraction of sp³-hybridized carbons (Fsp3) is 0.160. The number of aliphatic hydroxyl groups excluding tert-OH is 1. The molecule has 0 amide bonds. The van der Waals surface area contributed by atoms with Gasteiger partial charge in [-0.05, 0) is 42.7 Å². The van der Waals surface area contributed by atoms with Crippen LogP contribution in [-0.4, -0.2) is 17.7 Å². The normalized spacial score (nSPS) is 11.2. The van der Waals surface area contributed by atoms with E-state index in [4.69, 9.17) is 4.74 Å². The monoisotopic (exact) mass is 370 g/mol. The lowest BCUT2D eigenvalue weighted by Gasteiger charge is -2.11. The van der Waals surface area contributed by atoms with E-state index in [2.05, 4.69) is 11.8 Å². The number of aliphatic hydroxyl groups is 1. The summed E-state index contributed by atoms with van der Waals surface area (Å²) in [6.07, 6.45) is 0.566. The van der Waals surface area contributed by atoms with Gasteiger partial charge in [0.2, 0.25) is 0 Å². The van der Waals surface area contributed by atoms with Crippen molar-refractivity contribution in [1.82, 2.24) is 0 Å². The summed E-state index contributed by atoms with van der Waals surface area (Å²) >= 11 is 0. The molecule has 1 unspecified atom stereocenters. The van der Waals surface area contributed by atoms with Crippen LogP contribution in [-0.2, 0) is 4.74 Å². The first-order chi connectivity index (χ1) is 13.7. The molecule has 3 heteroatoms. The van der Waals surface area contributed by atoms with E-state index in [-0.39, 0.29) is 6.61 Å². The molecule has 3 rings (SSSR count). The molecule has 28 heavy (non-hydrogen) atoms. The Balaban J connectivity index is 1.56. The van der Waals surface area contributed by atoms with Gasteiger partial charge in [0.15, 0.2) is 0 Å². The Morgan fingerprint density at radius 3 is 2.25 bits per heavy atom. The lowest BCUT2D eigenvalue weighted by Crippen LogP contribution is -2.09. The first-order valence-electron chi connectivity index (χ1n) is 9.30. The Morgan fingerprint density at radius 2 is 1.50 bits per heavy atom. The van der Waals surface area contributed by atoms with Gasteiger partial charge in [0, 0.05) is 11.1 Å². The van der Waals surface area contributed by atoms with E-state index in [1.807, 2.05) is 72.8 Å². The van der Waals surface area contributed by atoms with Gasteiger partial charge in [0.1, 0.15) is 0 Å². The van der Waals surface area contributed by atoms with E-state index in [0.717, 1.165) is 11.1 Å². The van der Waals surface area contributed by atoms with Crippen molar-refractivity contribution < 1.29 is 14.6 Å². The first kappa shape index (κ1) is 19.4. The molecule has 0 spiro atoms. The van der Waals surface area contributed by atoms with Crippen molar-refractivity contribution in [1.29, 1.82) is 0 Å². The van der Waals surface area contributed by atoms with Crippen LogP contribution in [0, 0.1) is 11.8 Å². The van der Waals surface area contributed by atoms with Gasteiger partial charge < -0.3 is 9.84 Å². The third-order valence-electron chi connectivity index (χ3n) is 4.30. The Hall–Kier alpha value is -3.35. The van der Waals surface area contributed by atoms with Gasteiger partial charge in [0.05, 0.1) is 18.3 Å². The fourth-order valence-electron chi connectivity index (χ4n) is 2.79. The minimum atomic E-state index is -0.552. The van der Waals surface area contributed by atoms with Crippen LogP contribution in [0.1, 0.15) is 46.0 Å². The zero-order chi connectivity index (χ0) is 19.6. The van der Waals surface area contributed by atoms with Crippen molar-refractivity contribution in [2.75, 3.05) is 6.61 Å². The highest BCUT2D eigenvalue weighted by molar-refractivity contribution is 5.92. The first-order valence-corrected chi connectivity index (χ1v) is 9.30. The molecule has 140 valence electrons. The third-order valence-corrected chi connectivity index (χ3v) is 4.30. The number of ether oxygens (including phenoxy) is 1. The summed E-state index contributed by atoms with van der Waals surface area (Å²) in [6, 6.07) is 26.3. The van der Waals surface area contributed by atoms with E-state index in [1.54, 1.807) is 12.1 Å². The molecule has 0 radical (unpaired) electrons. The van der Waals surface area contributed by atoms with Gasteiger partial charge in [-0.3, -0.25) is 0 Å². The number of esters is 1. The van der Waals surface area contributed by atoms with Crippen LogP contribution >= 0.6 is 0 Å². The molecular formula is C25H22O3. The van der Waals surface area contributed by atoms with Crippen molar-refractivity contribution >= 4 is 5.97 Å². The molecule has 0 aliphatic rings. The van der Waals surface area contributed by atoms with Crippen LogP contribution in [0.4, 0.5) is 0 Å². The minimum Gasteiger partial charge on any atom is -0.462 e. The second kappa shape index (κ2) is 10.1. The fourth-order valence-corrected chi connectivity index (χ4v) is 2.79. The van der Waals surface area contributed by atoms with Crippen LogP contribution < -0.4 is 0 Å². The summed E-state index contributed by atoms with van der Waals surface area (Å²) < 4.78 is 5.39. The summed E-state index contributed by atoms with van der Waals surface area (Å²) in [7, 11) is 0. The standard InChI is InChI=1S/C25H22O3/c26-24(22-13-5-2-6-14-22)16-9-19-28-25(27)23-15-8-7-12-21(23)18-17-20-10-3-1-4-11-20/h1-8,10-15,24,26H,9,16,19H2. The topological polar surface area (TPSA) is 46.5 Å². The van der Waals surface area contributed by atoms with Crippen molar-refractivity contribution in [3.8, 4) is 11.8 Å². The molecule has 3 aromatic carbocycles. The number of hydrogen-bond donors (Lipinski definition) is 1. The third kappa shape index (κ3) is 5.57. The molecule has 0 bridgehead atoms. The molecule has 3 nitrogen and oxygen atoms in total. The molecule has 1 atom stereocenters. The van der Waals surface area contributed by atoms with Gasteiger partial charge >= 0.3 is 5.97 Å². The Morgan fingerprint density at radius 1 is 0.857 bits per heavy atom. The summed E-state index contributed by atoms with van der Waals surface area (Å²) in [5.74, 6) is 5.72. The van der Waals surface area contributed by atoms with Gasteiger partial charge in [0.25, 0.3) is 0 Å². The van der Waals surface area contributed by atoms with Crippen molar-refractivity contribution in [3.05, 3.63) is 107 Å².